The van der Waals surface area contributed by atoms with Crippen LogP contribution in [0, 0.1) is 6.92 Å². The highest BCUT2D eigenvalue weighted by molar-refractivity contribution is 7.89. The summed E-state index contributed by atoms with van der Waals surface area (Å²) >= 11 is 0. The van der Waals surface area contributed by atoms with E-state index in [0.717, 1.165) is 25.7 Å². The van der Waals surface area contributed by atoms with Gasteiger partial charge in [-0.2, -0.15) is 4.31 Å². The van der Waals surface area contributed by atoms with Crippen molar-refractivity contribution >= 4 is 21.6 Å². The molecule has 1 fully saturated rings. The minimum atomic E-state index is -3.52. The molecule has 7 nitrogen and oxygen atoms in total. The molecule has 1 N–H and O–H groups in total. The number of nitrogens with one attached hydrogen (secondary N) is 1. The van der Waals surface area contributed by atoms with E-state index >= 15 is 0 Å². The Morgan fingerprint density at radius 2 is 2.04 bits per heavy atom. The number of carbonyl (C=O) groups is 1. The zero-order valence-corrected chi connectivity index (χ0v) is 15.8. The zero-order valence-electron chi connectivity index (χ0n) is 14.9. The van der Waals surface area contributed by atoms with Gasteiger partial charge < -0.3 is 9.84 Å². The van der Waals surface area contributed by atoms with Crippen molar-refractivity contribution in [3.63, 3.8) is 0 Å². The molecule has 3 rings (SSSR count). The normalized spacial score (nSPS) is 18.6. The van der Waals surface area contributed by atoms with Gasteiger partial charge in [-0.3, -0.25) is 4.79 Å². The summed E-state index contributed by atoms with van der Waals surface area (Å²) in [6, 6.07) is 7.82. The summed E-state index contributed by atoms with van der Waals surface area (Å²) in [7, 11) is -3.52. The number of carbonyl (C=O) groups excluding carboxylic acids is 1. The maximum absolute atomic E-state index is 12.9. The Balaban J connectivity index is 1.75. The lowest BCUT2D eigenvalue weighted by Crippen LogP contribution is -2.43. The summed E-state index contributed by atoms with van der Waals surface area (Å²) in [6.45, 7) is 4.28. The Hall–Kier alpha value is -2.19. The number of aromatic nitrogens is 1. The maximum atomic E-state index is 12.9. The minimum Gasteiger partial charge on any atom is -0.361 e. The summed E-state index contributed by atoms with van der Waals surface area (Å²) in [5, 5.41) is 6.34. The quantitative estimate of drug-likeness (QED) is 0.864. The van der Waals surface area contributed by atoms with Crippen molar-refractivity contribution in [3.05, 3.63) is 41.8 Å². The van der Waals surface area contributed by atoms with Crippen molar-refractivity contribution in [2.24, 2.45) is 0 Å². The minimum absolute atomic E-state index is 0.0588. The van der Waals surface area contributed by atoms with Gasteiger partial charge in [0.2, 0.25) is 10.0 Å². The van der Waals surface area contributed by atoms with Crippen molar-refractivity contribution in [3.8, 4) is 0 Å². The van der Waals surface area contributed by atoms with E-state index in [0.29, 0.717) is 18.0 Å². The van der Waals surface area contributed by atoms with Crippen LogP contribution < -0.4 is 5.32 Å². The molecule has 0 spiro atoms. The summed E-state index contributed by atoms with van der Waals surface area (Å²) in [6.07, 6.45) is 3.67. The van der Waals surface area contributed by atoms with Crippen LogP contribution in [0.3, 0.4) is 0 Å². The Bertz CT molecular complexity index is 874. The number of rotatable bonds is 5. The number of aryl methyl sites for hydroxylation is 1. The number of benzene rings is 1. The molecule has 0 radical (unpaired) electrons. The fourth-order valence-electron chi connectivity index (χ4n) is 3.21. The van der Waals surface area contributed by atoms with Crippen LogP contribution in [-0.2, 0) is 10.0 Å². The van der Waals surface area contributed by atoms with E-state index in [-0.39, 0.29) is 16.6 Å². The van der Waals surface area contributed by atoms with E-state index in [2.05, 4.69) is 10.5 Å². The molecule has 1 aromatic carbocycles. The van der Waals surface area contributed by atoms with Crippen LogP contribution in [-0.4, -0.2) is 36.4 Å². The molecular formula is C18H23N3O4S. The number of hydrogen-bond donors (Lipinski definition) is 1. The summed E-state index contributed by atoms with van der Waals surface area (Å²) in [5.74, 6) is 0.142. The van der Waals surface area contributed by atoms with Crippen LogP contribution in [0.5, 0.6) is 0 Å². The van der Waals surface area contributed by atoms with Gasteiger partial charge >= 0.3 is 0 Å². The third kappa shape index (κ3) is 3.81. The third-order valence-electron chi connectivity index (χ3n) is 4.62. The number of hydrogen-bond acceptors (Lipinski definition) is 5. The number of sulfonamides is 1. The lowest BCUT2D eigenvalue weighted by Gasteiger charge is -2.34. The van der Waals surface area contributed by atoms with Gasteiger partial charge in [0.15, 0.2) is 5.69 Å². The molecule has 8 heteroatoms. The fourth-order valence-corrected chi connectivity index (χ4v) is 4.98. The Labute approximate surface area is 153 Å². The number of anilines is 1. The zero-order chi connectivity index (χ0) is 18.7. The highest BCUT2D eigenvalue weighted by atomic mass is 32.2. The van der Waals surface area contributed by atoms with Gasteiger partial charge in [-0.05, 0) is 50.5 Å². The van der Waals surface area contributed by atoms with Crippen LogP contribution in [0.25, 0.3) is 0 Å². The molecule has 1 atom stereocenters. The molecule has 140 valence electrons. The average Bonchev–Trinajstić information content (AvgIpc) is 3.08. The first-order valence-corrected chi connectivity index (χ1v) is 10.2. The van der Waals surface area contributed by atoms with E-state index in [1.807, 2.05) is 6.92 Å². The molecule has 0 bridgehead atoms. The van der Waals surface area contributed by atoms with Crippen molar-refractivity contribution in [1.29, 1.82) is 0 Å². The monoisotopic (exact) mass is 377 g/mol. The molecule has 2 aromatic rings. The van der Waals surface area contributed by atoms with E-state index in [1.54, 1.807) is 23.4 Å². The Morgan fingerprint density at radius 3 is 2.65 bits per heavy atom. The Morgan fingerprint density at radius 1 is 1.31 bits per heavy atom. The van der Waals surface area contributed by atoms with E-state index in [9.17, 15) is 13.2 Å². The largest absolute Gasteiger partial charge is 0.361 e. The molecule has 26 heavy (non-hydrogen) atoms. The second-order valence-corrected chi connectivity index (χ2v) is 8.37. The molecule has 1 aliphatic heterocycles. The SMILES string of the molecule is CCC1CCCCN1S(=O)(=O)c1ccc(NC(=O)c2cc(C)on2)cc1. The highest BCUT2D eigenvalue weighted by Crippen LogP contribution is 2.27. The number of piperidine rings is 1. The molecule has 1 unspecified atom stereocenters. The van der Waals surface area contributed by atoms with Crippen molar-refractivity contribution in [2.75, 3.05) is 11.9 Å². The van der Waals surface area contributed by atoms with E-state index < -0.39 is 15.9 Å². The first-order chi connectivity index (χ1) is 12.4. The van der Waals surface area contributed by atoms with Gasteiger partial charge in [0.25, 0.3) is 5.91 Å². The number of amides is 1. The van der Waals surface area contributed by atoms with Gasteiger partial charge in [-0.1, -0.05) is 18.5 Å². The van der Waals surface area contributed by atoms with Crippen LogP contribution in [0.4, 0.5) is 5.69 Å². The van der Waals surface area contributed by atoms with Crippen molar-refractivity contribution in [2.45, 2.75) is 50.5 Å². The van der Waals surface area contributed by atoms with Gasteiger partial charge in [0, 0.05) is 24.3 Å². The molecule has 1 amide bonds. The predicted molar refractivity (Wildman–Crippen MR) is 97.5 cm³/mol. The third-order valence-corrected chi connectivity index (χ3v) is 6.59. The van der Waals surface area contributed by atoms with E-state index in [1.165, 1.54) is 18.2 Å². The smallest absolute Gasteiger partial charge is 0.277 e. The second-order valence-electron chi connectivity index (χ2n) is 6.47. The van der Waals surface area contributed by atoms with Gasteiger partial charge in [-0.25, -0.2) is 8.42 Å². The summed E-state index contributed by atoms with van der Waals surface area (Å²) in [4.78, 5) is 12.3. The predicted octanol–water partition coefficient (Wildman–Crippen LogP) is 3.19. The molecule has 2 heterocycles. The highest BCUT2D eigenvalue weighted by Gasteiger charge is 2.32. The fraction of sp³-hybridized carbons (Fsp3) is 0.444. The average molecular weight is 377 g/mol. The molecular weight excluding hydrogens is 354 g/mol. The Kier molecular flexibility index (Phi) is 5.43. The van der Waals surface area contributed by atoms with Crippen LogP contribution in [0.2, 0.25) is 0 Å². The summed E-state index contributed by atoms with van der Waals surface area (Å²) < 4.78 is 32.4. The second kappa shape index (κ2) is 7.59. The first-order valence-electron chi connectivity index (χ1n) is 8.78. The maximum Gasteiger partial charge on any atom is 0.277 e. The van der Waals surface area contributed by atoms with Crippen LogP contribution >= 0.6 is 0 Å². The standard InChI is InChI=1S/C18H23N3O4S/c1-3-15-6-4-5-11-21(15)26(23,24)16-9-7-14(8-10-16)19-18(22)17-12-13(2)25-20-17/h7-10,12,15H,3-6,11H2,1-2H3,(H,19,22). The molecule has 0 saturated carbocycles. The van der Waals surface area contributed by atoms with Gasteiger partial charge in [0.1, 0.15) is 5.76 Å². The van der Waals surface area contributed by atoms with Crippen LogP contribution in [0.1, 0.15) is 48.9 Å². The first kappa shape index (κ1) is 18.6. The van der Waals surface area contributed by atoms with Crippen molar-refractivity contribution in [1.82, 2.24) is 9.46 Å². The lowest BCUT2D eigenvalue weighted by molar-refractivity contribution is 0.101. The van der Waals surface area contributed by atoms with Gasteiger partial charge in [-0.15, -0.1) is 0 Å². The topological polar surface area (TPSA) is 92.5 Å². The van der Waals surface area contributed by atoms with Crippen molar-refractivity contribution < 1.29 is 17.7 Å². The van der Waals surface area contributed by atoms with Crippen LogP contribution in [0.15, 0.2) is 39.8 Å². The van der Waals surface area contributed by atoms with E-state index in [4.69, 9.17) is 4.52 Å². The summed E-state index contributed by atoms with van der Waals surface area (Å²) in [5.41, 5.74) is 0.679. The number of nitrogens with zero attached hydrogens (tertiary/aromatic N) is 2. The lowest BCUT2D eigenvalue weighted by atomic mass is 10.0. The molecule has 0 aliphatic carbocycles. The molecule has 1 aromatic heterocycles. The molecule has 1 aliphatic rings. The van der Waals surface area contributed by atoms with Gasteiger partial charge in [0.05, 0.1) is 4.90 Å². The molecule has 1 saturated heterocycles.